The Bertz CT molecular complexity index is 424. The summed E-state index contributed by atoms with van der Waals surface area (Å²) < 4.78 is 5.61. The van der Waals surface area contributed by atoms with Crippen molar-refractivity contribution in [2.24, 2.45) is 0 Å². The van der Waals surface area contributed by atoms with E-state index in [1.165, 1.54) is 12.8 Å². The smallest absolute Gasteiger partial charge is 0.335 e. The minimum Gasteiger partial charge on any atom is -0.478 e. The van der Waals surface area contributed by atoms with Gasteiger partial charge in [0.15, 0.2) is 0 Å². The van der Waals surface area contributed by atoms with Crippen LogP contribution in [-0.4, -0.2) is 42.3 Å². The second kappa shape index (κ2) is 7.41. The van der Waals surface area contributed by atoms with Gasteiger partial charge in [0.2, 0.25) is 0 Å². The number of carboxylic acids is 1. The van der Waals surface area contributed by atoms with Gasteiger partial charge < -0.3 is 14.7 Å². The predicted molar refractivity (Wildman–Crippen MR) is 77.9 cm³/mol. The van der Waals surface area contributed by atoms with Gasteiger partial charge in [0.1, 0.15) is 0 Å². The van der Waals surface area contributed by atoms with Gasteiger partial charge in [0.25, 0.3) is 0 Å². The fourth-order valence-corrected chi connectivity index (χ4v) is 2.60. The van der Waals surface area contributed by atoms with Gasteiger partial charge >= 0.3 is 5.97 Å². The third-order valence-electron chi connectivity index (χ3n) is 3.74. The van der Waals surface area contributed by atoms with Crippen LogP contribution in [0.4, 0.5) is 0 Å². The van der Waals surface area contributed by atoms with Gasteiger partial charge in [-0.3, -0.25) is 0 Å². The largest absolute Gasteiger partial charge is 0.478 e. The molecule has 0 aromatic heterocycles. The van der Waals surface area contributed by atoms with Gasteiger partial charge in [-0.25, -0.2) is 4.79 Å². The molecule has 20 heavy (non-hydrogen) atoms. The van der Waals surface area contributed by atoms with E-state index in [0.29, 0.717) is 11.7 Å². The molecule has 1 aliphatic rings. The second-order valence-corrected chi connectivity index (χ2v) is 5.52. The normalized spacial score (nSPS) is 18.6. The zero-order valence-corrected chi connectivity index (χ0v) is 12.0. The molecule has 1 aromatic rings. The molecule has 110 valence electrons. The Balaban J connectivity index is 1.70. The molecule has 1 heterocycles. The maximum Gasteiger partial charge on any atom is 0.335 e. The molecule has 1 atom stereocenters. The highest BCUT2D eigenvalue weighted by Crippen LogP contribution is 2.17. The van der Waals surface area contributed by atoms with Crippen LogP contribution in [0.2, 0.25) is 0 Å². The number of ether oxygens (including phenoxy) is 1. The maximum absolute atomic E-state index is 10.8. The monoisotopic (exact) mass is 277 g/mol. The lowest BCUT2D eigenvalue weighted by Gasteiger charge is -2.18. The highest BCUT2D eigenvalue weighted by Gasteiger charge is 2.14. The van der Waals surface area contributed by atoms with Crippen LogP contribution in [-0.2, 0) is 11.3 Å². The van der Waals surface area contributed by atoms with Crippen molar-refractivity contribution in [1.29, 1.82) is 0 Å². The fraction of sp³-hybridized carbons (Fsp3) is 0.562. The average Bonchev–Trinajstić information content (AvgIpc) is 2.92. The molecule has 0 aliphatic carbocycles. The summed E-state index contributed by atoms with van der Waals surface area (Å²) >= 11 is 0. The molecule has 1 fully saturated rings. The lowest BCUT2D eigenvalue weighted by Crippen LogP contribution is -2.20. The van der Waals surface area contributed by atoms with Gasteiger partial charge in [-0.05, 0) is 57.0 Å². The number of carbonyl (C=O) groups is 1. The Hall–Kier alpha value is -1.39. The number of hydrogen-bond donors (Lipinski definition) is 1. The van der Waals surface area contributed by atoms with E-state index in [2.05, 4.69) is 11.9 Å². The Morgan fingerprint density at radius 1 is 1.40 bits per heavy atom. The Labute approximate surface area is 120 Å². The average molecular weight is 277 g/mol. The zero-order valence-electron chi connectivity index (χ0n) is 12.0. The first kappa shape index (κ1) is 15.0. The first-order valence-electron chi connectivity index (χ1n) is 7.27. The number of benzene rings is 1. The molecule has 1 aliphatic heterocycles. The van der Waals surface area contributed by atoms with Crippen molar-refractivity contribution in [2.75, 3.05) is 20.2 Å². The quantitative estimate of drug-likeness (QED) is 0.832. The molecule has 0 spiro atoms. The van der Waals surface area contributed by atoms with Crippen LogP contribution in [0.1, 0.15) is 41.6 Å². The standard InChI is InChI=1S/C16H23NO3/c1-17(10-2-4-15-5-3-11-20-15)12-13-6-8-14(9-7-13)16(18)19/h6-9,15H,2-5,10-12H2,1H3,(H,18,19). The Kier molecular flexibility index (Phi) is 5.56. The molecule has 0 saturated carbocycles. The van der Waals surface area contributed by atoms with Crippen LogP contribution in [0.3, 0.4) is 0 Å². The molecule has 4 nitrogen and oxygen atoms in total. The molecule has 0 radical (unpaired) electrons. The first-order valence-corrected chi connectivity index (χ1v) is 7.27. The molecule has 4 heteroatoms. The highest BCUT2D eigenvalue weighted by molar-refractivity contribution is 5.87. The van der Waals surface area contributed by atoms with Crippen molar-refractivity contribution in [3.05, 3.63) is 35.4 Å². The fourth-order valence-electron chi connectivity index (χ4n) is 2.60. The summed E-state index contributed by atoms with van der Waals surface area (Å²) in [5.74, 6) is -0.874. The Morgan fingerprint density at radius 2 is 2.15 bits per heavy atom. The molecule has 0 bridgehead atoms. The minimum absolute atomic E-state index is 0.342. The summed E-state index contributed by atoms with van der Waals surface area (Å²) in [7, 11) is 2.10. The molecule has 1 aromatic carbocycles. The number of aromatic carboxylic acids is 1. The van der Waals surface area contributed by atoms with Crippen molar-refractivity contribution in [1.82, 2.24) is 4.90 Å². The molecular formula is C16H23NO3. The highest BCUT2D eigenvalue weighted by atomic mass is 16.5. The molecular weight excluding hydrogens is 254 g/mol. The molecule has 1 unspecified atom stereocenters. The van der Waals surface area contributed by atoms with Gasteiger partial charge in [-0.15, -0.1) is 0 Å². The van der Waals surface area contributed by atoms with E-state index < -0.39 is 5.97 Å². The van der Waals surface area contributed by atoms with Crippen LogP contribution >= 0.6 is 0 Å². The minimum atomic E-state index is -0.874. The first-order chi connectivity index (χ1) is 9.65. The maximum atomic E-state index is 10.8. The lowest BCUT2D eigenvalue weighted by molar-refractivity contribution is 0.0697. The zero-order chi connectivity index (χ0) is 14.4. The number of nitrogens with zero attached hydrogens (tertiary/aromatic N) is 1. The topological polar surface area (TPSA) is 49.8 Å². The summed E-state index contributed by atoms with van der Waals surface area (Å²) in [5, 5.41) is 8.86. The van der Waals surface area contributed by atoms with E-state index in [4.69, 9.17) is 9.84 Å². The van der Waals surface area contributed by atoms with E-state index in [1.807, 2.05) is 12.1 Å². The van der Waals surface area contributed by atoms with E-state index >= 15 is 0 Å². The number of hydrogen-bond acceptors (Lipinski definition) is 3. The summed E-state index contributed by atoms with van der Waals surface area (Å²) in [6, 6.07) is 7.11. The third-order valence-corrected chi connectivity index (χ3v) is 3.74. The number of rotatable bonds is 7. The van der Waals surface area contributed by atoms with E-state index in [9.17, 15) is 4.79 Å². The van der Waals surface area contributed by atoms with Gasteiger partial charge in [0, 0.05) is 13.2 Å². The lowest BCUT2D eigenvalue weighted by atomic mass is 10.1. The van der Waals surface area contributed by atoms with Crippen LogP contribution in [0.15, 0.2) is 24.3 Å². The van der Waals surface area contributed by atoms with Gasteiger partial charge in [-0.2, -0.15) is 0 Å². The van der Waals surface area contributed by atoms with Crippen LogP contribution < -0.4 is 0 Å². The molecule has 1 saturated heterocycles. The summed E-state index contributed by atoms with van der Waals surface area (Å²) in [5.41, 5.74) is 1.49. The molecule has 0 amide bonds. The molecule has 1 N–H and O–H groups in total. The Morgan fingerprint density at radius 3 is 2.75 bits per heavy atom. The van der Waals surface area contributed by atoms with Crippen molar-refractivity contribution in [3.63, 3.8) is 0 Å². The summed E-state index contributed by atoms with van der Waals surface area (Å²) in [6.45, 7) is 2.82. The van der Waals surface area contributed by atoms with Crippen molar-refractivity contribution >= 4 is 5.97 Å². The van der Waals surface area contributed by atoms with Crippen molar-refractivity contribution in [2.45, 2.75) is 38.3 Å². The van der Waals surface area contributed by atoms with E-state index in [-0.39, 0.29) is 0 Å². The summed E-state index contributed by atoms with van der Waals surface area (Å²) in [6.07, 6.45) is 5.17. The third kappa shape index (κ3) is 4.62. The SMILES string of the molecule is CN(CCCC1CCCO1)Cc1ccc(C(=O)O)cc1. The second-order valence-electron chi connectivity index (χ2n) is 5.52. The number of carboxylic acid groups (broad SMARTS) is 1. The van der Waals surface area contributed by atoms with E-state index in [1.54, 1.807) is 12.1 Å². The van der Waals surface area contributed by atoms with Crippen LogP contribution in [0, 0.1) is 0 Å². The molecule has 2 rings (SSSR count). The van der Waals surface area contributed by atoms with Crippen LogP contribution in [0.25, 0.3) is 0 Å². The predicted octanol–water partition coefficient (Wildman–Crippen LogP) is 2.78. The van der Waals surface area contributed by atoms with Crippen LogP contribution in [0.5, 0.6) is 0 Å². The van der Waals surface area contributed by atoms with E-state index in [0.717, 1.165) is 38.1 Å². The van der Waals surface area contributed by atoms with Crippen molar-refractivity contribution in [3.8, 4) is 0 Å². The van der Waals surface area contributed by atoms with Gasteiger partial charge in [-0.1, -0.05) is 12.1 Å². The summed E-state index contributed by atoms with van der Waals surface area (Å²) in [4.78, 5) is 13.0. The van der Waals surface area contributed by atoms with Gasteiger partial charge in [0.05, 0.1) is 11.7 Å². The van der Waals surface area contributed by atoms with Crippen molar-refractivity contribution < 1.29 is 14.6 Å².